The van der Waals surface area contributed by atoms with Gasteiger partial charge in [0.25, 0.3) is 0 Å². The van der Waals surface area contributed by atoms with Crippen LogP contribution in [-0.2, 0) is 13.1 Å². The third kappa shape index (κ3) is 1.45. The minimum atomic E-state index is -0.922. The number of nitrogens with zero attached hydrogens (tertiary/aromatic N) is 2. The van der Waals surface area contributed by atoms with E-state index in [0.717, 1.165) is 11.3 Å². The molecule has 0 unspecified atom stereocenters. The van der Waals surface area contributed by atoms with E-state index in [2.05, 4.69) is 4.98 Å². The zero-order valence-electron chi connectivity index (χ0n) is 6.70. The highest BCUT2D eigenvalue weighted by molar-refractivity contribution is 6.29. The molecule has 0 saturated heterocycles. The maximum Gasteiger partial charge on any atom is 0.407 e. The molecule has 68 valence electrons. The fourth-order valence-electron chi connectivity index (χ4n) is 1.36. The molecule has 2 heterocycles. The van der Waals surface area contributed by atoms with E-state index in [1.165, 1.54) is 4.90 Å². The lowest BCUT2D eigenvalue weighted by molar-refractivity contribution is 0.145. The van der Waals surface area contributed by atoms with E-state index in [1.54, 1.807) is 6.07 Å². The Bertz CT molecular complexity index is 367. The Morgan fingerprint density at radius 2 is 2.31 bits per heavy atom. The summed E-state index contributed by atoms with van der Waals surface area (Å²) in [7, 11) is 0. The topological polar surface area (TPSA) is 53.4 Å². The van der Waals surface area contributed by atoms with Gasteiger partial charge in [0.2, 0.25) is 0 Å². The number of amides is 1. The SMILES string of the molecule is O=C(O)N1Cc2ccc(Cl)nc2C1. The average Bonchev–Trinajstić information content (AvgIpc) is 2.46. The molecule has 0 spiro atoms. The van der Waals surface area contributed by atoms with Crippen LogP contribution in [0.1, 0.15) is 11.3 Å². The quantitative estimate of drug-likeness (QED) is 0.646. The lowest BCUT2D eigenvalue weighted by Gasteiger charge is -2.08. The first kappa shape index (κ1) is 8.31. The Labute approximate surface area is 79.8 Å². The van der Waals surface area contributed by atoms with Gasteiger partial charge in [-0.15, -0.1) is 0 Å². The molecule has 1 N–H and O–H groups in total. The third-order valence-corrected chi connectivity index (χ3v) is 2.22. The van der Waals surface area contributed by atoms with Gasteiger partial charge in [0.05, 0.1) is 18.8 Å². The third-order valence-electron chi connectivity index (χ3n) is 2.01. The fraction of sp³-hybridized carbons (Fsp3) is 0.250. The van der Waals surface area contributed by atoms with Gasteiger partial charge in [-0.2, -0.15) is 0 Å². The predicted octanol–water partition coefficient (Wildman–Crippen LogP) is 1.73. The van der Waals surface area contributed by atoms with Gasteiger partial charge in [-0.25, -0.2) is 9.78 Å². The largest absolute Gasteiger partial charge is 0.465 e. The zero-order valence-corrected chi connectivity index (χ0v) is 7.45. The minimum Gasteiger partial charge on any atom is -0.465 e. The van der Waals surface area contributed by atoms with Crippen LogP contribution in [0.15, 0.2) is 12.1 Å². The van der Waals surface area contributed by atoms with Crippen LogP contribution in [0.3, 0.4) is 0 Å². The van der Waals surface area contributed by atoms with E-state index < -0.39 is 6.09 Å². The summed E-state index contributed by atoms with van der Waals surface area (Å²) in [5.41, 5.74) is 1.70. The second kappa shape index (κ2) is 2.88. The number of fused-ring (bicyclic) bond motifs is 1. The smallest absolute Gasteiger partial charge is 0.407 e. The second-order valence-electron chi connectivity index (χ2n) is 2.88. The number of carbonyl (C=O) groups is 1. The lowest BCUT2D eigenvalue weighted by atomic mass is 10.2. The van der Waals surface area contributed by atoms with Gasteiger partial charge in [-0.05, 0) is 11.6 Å². The fourth-order valence-corrected chi connectivity index (χ4v) is 1.53. The van der Waals surface area contributed by atoms with Crippen LogP contribution in [0.25, 0.3) is 0 Å². The molecular formula is C8H7ClN2O2. The van der Waals surface area contributed by atoms with E-state index in [9.17, 15) is 4.79 Å². The molecule has 2 rings (SSSR count). The molecule has 0 atom stereocenters. The summed E-state index contributed by atoms with van der Waals surface area (Å²) in [6.07, 6.45) is -0.922. The number of halogens is 1. The van der Waals surface area contributed by atoms with Gasteiger partial charge < -0.3 is 5.11 Å². The first-order valence-corrected chi connectivity index (χ1v) is 4.17. The van der Waals surface area contributed by atoms with Gasteiger partial charge in [0.15, 0.2) is 0 Å². The van der Waals surface area contributed by atoms with Crippen LogP contribution in [-0.4, -0.2) is 21.1 Å². The summed E-state index contributed by atoms with van der Waals surface area (Å²) < 4.78 is 0. The van der Waals surface area contributed by atoms with Gasteiger partial charge >= 0.3 is 6.09 Å². The molecule has 1 aliphatic rings. The predicted molar refractivity (Wildman–Crippen MR) is 46.5 cm³/mol. The summed E-state index contributed by atoms with van der Waals surface area (Å²) in [5, 5.41) is 9.13. The number of hydrogen-bond donors (Lipinski definition) is 1. The molecule has 1 aromatic heterocycles. The zero-order chi connectivity index (χ0) is 9.42. The summed E-state index contributed by atoms with van der Waals surface area (Å²) in [6, 6.07) is 3.49. The molecule has 4 nitrogen and oxygen atoms in total. The van der Waals surface area contributed by atoms with Crippen LogP contribution < -0.4 is 0 Å². The molecule has 0 aromatic carbocycles. The Morgan fingerprint density at radius 3 is 3.00 bits per heavy atom. The lowest BCUT2D eigenvalue weighted by Crippen LogP contribution is -2.22. The highest BCUT2D eigenvalue weighted by Gasteiger charge is 2.23. The van der Waals surface area contributed by atoms with Crippen LogP contribution in [0.5, 0.6) is 0 Å². The monoisotopic (exact) mass is 198 g/mol. The Balaban J connectivity index is 2.30. The van der Waals surface area contributed by atoms with Crippen molar-refractivity contribution in [3.63, 3.8) is 0 Å². The molecule has 5 heteroatoms. The van der Waals surface area contributed by atoms with Crippen molar-refractivity contribution in [2.45, 2.75) is 13.1 Å². The molecule has 13 heavy (non-hydrogen) atoms. The molecule has 0 fully saturated rings. The molecule has 0 bridgehead atoms. The Kier molecular flexibility index (Phi) is 1.84. The summed E-state index contributed by atoms with van der Waals surface area (Å²) in [4.78, 5) is 16.0. The molecule has 0 aliphatic carbocycles. The Morgan fingerprint density at radius 1 is 1.54 bits per heavy atom. The molecule has 1 amide bonds. The summed E-state index contributed by atoms with van der Waals surface area (Å²) >= 11 is 5.67. The van der Waals surface area contributed by atoms with Gasteiger partial charge in [-0.3, -0.25) is 4.90 Å². The number of aromatic nitrogens is 1. The second-order valence-corrected chi connectivity index (χ2v) is 3.27. The van der Waals surface area contributed by atoms with Crippen LogP contribution >= 0.6 is 11.6 Å². The van der Waals surface area contributed by atoms with Crippen LogP contribution in [0.2, 0.25) is 5.15 Å². The number of hydrogen-bond acceptors (Lipinski definition) is 2. The van der Waals surface area contributed by atoms with Crippen molar-refractivity contribution >= 4 is 17.7 Å². The number of carboxylic acid groups (broad SMARTS) is 1. The first-order valence-electron chi connectivity index (χ1n) is 3.79. The van der Waals surface area contributed by atoms with E-state index >= 15 is 0 Å². The number of rotatable bonds is 0. The maximum atomic E-state index is 10.6. The minimum absolute atomic E-state index is 0.339. The molecule has 1 aliphatic heterocycles. The van der Waals surface area contributed by atoms with Crippen molar-refractivity contribution in [3.8, 4) is 0 Å². The van der Waals surface area contributed by atoms with E-state index in [-0.39, 0.29) is 0 Å². The highest BCUT2D eigenvalue weighted by atomic mass is 35.5. The van der Waals surface area contributed by atoms with Gasteiger partial charge in [-0.1, -0.05) is 17.7 Å². The van der Waals surface area contributed by atoms with Crippen molar-refractivity contribution < 1.29 is 9.90 Å². The van der Waals surface area contributed by atoms with Gasteiger partial charge in [0, 0.05) is 0 Å². The van der Waals surface area contributed by atoms with E-state index in [4.69, 9.17) is 16.7 Å². The first-order chi connectivity index (χ1) is 6.16. The molecule has 0 saturated carbocycles. The van der Waals surface area contributed by atoms with Crippen molar-refractivity contribution in [1.82, 2.24) is 9.88 Å². The van der Waals surface area contributed by atoms with Crippen molar-refractivity contribution in [2.75, 3.05) is 0 Å². The number of pyridine rings is 1. The van der Waals surface area contributed by atoms with Crippen molar-refractivity contribution in [1.29, 1.82) is 0 Å². The van der Waals surface area contributed by atoms with Crippen molar-refractivity contribution in [3.05, 3.63) is 28.5 Å². The van der Waals surface area contributed by atoms with Crippen LogP contribution in [0.4, 0.5) is 4.79 Å². The molecule has 1 aromatic rings. The van der Waals surface area contributed by atoms with E-state index in [1.807, 2.05) is 6.07 Å². The van der Waals surface area contributed by atoms with Crippen LogP contribution in [0, 0.1) is 0 Å². The standard InChI is InChI=1S/C8H7ClN2O2/c9-7-2-1-5-3-11(8(12)13)4-6(5)10-7/h1-2H,3-4H2,(H,12,13). The molecular weight excluding hydrogens is 192 g/mol. The maximum absolute atomic E-state index is 10.6. The average molecular weight is 199 g/mol. The Hall–Kier alpha value is -1.29. The van der Waals surface area contributed by atoms with Gasteiger partial charge in [0.1, 0.15) is 5.15 Å². The normalized spacial score (nSPS) is 14.4. The summed E-state index contributed by atoms with van der Waals surface area (Å²) in [6.45, 7) is 0.750. The molecule has 0 radical (unpaired) electrons. The summed E-state index contributed by atoms with van der Waals surface area (Å²) in [5.74, 6) is 0. The van der Waals surface area contributed by atoms with Crippen molar-refractivity contribution in [2.24, 2.45) is 0 Å². The van der Waals surface area contributed by atoms with E-state index in [0.29, 0.717) is 18.2 Å². The highest BCUT2D eigenvalue weighted by Crippen LogP contribution is 2.22.